The van der Waals surface area contributed by atoms with Crippen molar-refractivity contribution in [3.05, 3.63) is 70.3 Å². The van der Waals surface area contributed by atoms with Gasteiger partial charge in [-0.05, 0) is 36.8 Å². The Bertz CT molecular complexity index is 1200. The monoisotopic (exact) mass is 531 g/mol. The number of rotatable bonds is 13. The third-order valence-corrected chi connectivity index (χ3v) is 5.77. The summed E-state index contributed by atoms with van der Waals surface area (Å²) in [6, 6.07) is 14.6. The second kappa shape index (κ2) is 15.2. The van der Waals surface area contributed by atoms with E-state index in [0.29, 0.717) is 49.3 Å². The van der Waals surface area contributed by atoms with Crippen LogP contribution in [0, 0.1) is 0 Å². The van der Waals surface area contributed by atoms with Crippen LogP contribution in [0.3, 0.4) is 0 Å². The molecule has 1 atom stereocenters. The molecule has 0 radical (unpaired) electrons. The third kappa shape index (κ3) is 8.61. The Morgan fingerprint density at radius 3 is 2.21 bits per heavy atom. The van der Waals surface area contributed by atoms with Gasteiger partial charge in [0.05, 0.1) is 42.8 Å². The van der Waals surface area contributed by atoms with Gasteiger partial charge >= 0.3 is 5.97 Å². The Hall–Kier alpha value is -3.35. The summed E-state index contributed by atoms with van der Waals surface area (Å²) in [6.07, 6.45) is 0.0855. The van der Waals surface area contributed by atoms with Gasteiger partial charge in [0.1, 0.15) is 18.2 Å². The van der Waals surface area contributed by atoms with Gasteiger partial charge in [0, 0.05) is 19.4 Å². The first-order valence-electron chi connectivity index (χ1n) is 12.4. The van der Waals surface area contributed by atoms with Crippen LogP contribution >= 0.6 is 0 Å². The van der Waals surface area contributed by atoms with E-state index in [-0.39, 0.29) is 5.56 Å². The maximum absolute atomic E-state index is 12.8. The van der Waals surface area contributed by atoms with E-state index < -0.39 is 37.4 Å². The topological polar surface area (TPSA) is 177 Å². The molecule has 2 aromatic carbocycles. The predicted molar refractivity (Wildman–Crippen MR) is 142 cm³/mol. The second-order valence-corrected chi connectivity index (χ2v) is 8.67. The van der Waals surface area contributed by atoms with E-state index in [0.717, 1.165) is 11.4 Å². The average molecular weight is 532 g/mol. The summed E-state index contributed by atoms with van der Waals surface area (Å²) in [5.41, 5.74) is 5.43. The first-order chi connectivity index (χ1) is 18.2. The standard InChI is InChI=1S/C23H26N2O5.C4H11NO3/c1-3-21-24-19-8-6-5-7-18(19)22(26)25(21)13-14-30-17-11-9-16(10-12-17)15-20(23(27)28)29-4-2;5-4(1-6,2-7)3-8/h5-12,20H,3-4,13-15H2,1-2H3,(H,27,28);6-8H,1-3,5H2/t20-;/m0./s1. The number of hydrogen-bond donors (Lipinski definition) is 5. The van der Waals surface area contributed by atoms with Crippen molar-refractivity contribution in [1.29, 1.82) is 0 Å². The first kappa shape index (κ1) is 30.9. The van der Waals surface area contributed by atoms with Crippen molar-refractivity contribution < 1.29 is 34.7 Å². The van der Waals surface area contributed by atoms with Crippen LogP contribution in [-0.4, -0.2) is 80.6 Å². The number of para-hydroxylation sites is 1. The molecule has 3 aromatic rings. The van der Waals surface area contributed by atoms with Crippen LogP contribution in [0.25, 0.3) is 10.9 Å². The molecule has 208 valence electrons. The largest absolute Gasteiger partial charge is 0.492 e. The zero-order valence-electron chi connectivity index (χ0n) is 21.7. The van der Waals surface area contributed by atoms with Gasteiger partial charge in [-0.2, -0.15) is 0 Å². The normalized spacial score (nSPS) is 12.1. The summed E-state index contributed by atoms with van der Waals surface area (Å²) in [7, 11) is 0. The summed E-state index contributed by atoms with van der Waals surface area (Å²) in [6.45, 7) is 3.60. The van der Waals surface area contributed by atoms with Gasteiger partial charge in [0.15, 0.2) is 6.10 Å². The Morgan fingerprint density at radius 2 is 1.68 bits per heavy atom. The lowest BCUT2D eigenvalue weighted by Gasteiger charge is -2.20. The lowest BCUT2D eigenvalue weighted by molar-refractivity contribution is -0.149. The Balaban J connectivity index is 0.000000550. The predicted octanol–water partition coefficient (Wildman–Crippen LogP) is 0.731. The van der Waals surface area contributed by atoms with E-state index in [1.807, 2.05) is 37.3 Å². The molecule has 0 bridgehead atoms. The quantitative estimate of drug-likeness (QED) is 0.211. The number of hydrogen-bond acceptors (Lipinski definition) is 9. The number of benzene rings is 2. The van der Waals surface area contributed by atoms with Crippen molar-refractivity contribution in [2.45, 2.75) is 44.9 Å². The number of fused-ring (bicyclic) bond motifs is 1. The fraction of sp³-hybridized carbons (Fsp3) is 0.444. The van der Waals surface area contributed by atoms with Crippen molar-refractivity contribution >= 4 is 16.9 Å². The number of ether oxygens (including phenoxy) is 2. The number of carboxylic acids is 1. The summed E-state index contributed by atoms with van der Waals surface area (Å²) in [5, 5.41) is 34.8. The van der Waals surface area contributed by atoms with E-state index in [1.54, 1.807) is 29.7 Å². The molecule has 11 heteroatoms. The number of aliphatic hydroxyl groups is 3. The van der Waals surface area contributed by atoms with Crippen LogP contribution in [0.2, 0.25) is 0 Å². The van der Waals surface area contributed by atoms with Crippen molar-refractivity contribution in [2.75, 3.05) is 33.0 Å². The number of nitrogens with zero attached hydrogens (tertiary/aromatic N) is 2. The van der Waals surface area contributed by atoms with Crippen molar-refractivity contribution in [3.8, 4) is 5.75 Å². The fourth-order valence-corrected chi connectivity index (χ4v) is 3.47. The van der Waals surface area contributed by atoms with Gasteiger partial charge in [0.25, 0.3) is 5.56 Å². The maximum Gasteiger partial charge on any atom is 0.333 e. The van der Waals surface area contributed by atoms with E-state index >= 15 is 0 Å². The Kier molecular flexibility index (Phi) is 12.3. The molecule has 0 amide bonds. The smallest absolute Gasteiger partial charge is 0.333 e. The van der Waals surface area contributed by atoms with Crippen LogP contribution in [0.5, 0.6) is 5.75 Å². The average Bonchev–Trinajstić information content (AvgIpc) is 2.94. The van der Waals surface area contributed by atoms with Gasteiger partial charge in [-0.25, -0.2) is 9.78 Å². The number of aliphatic carboxylic acids is 1. The minimum absolute atomic E-state index is 0.0629. The molecule has 0 aliphatic heterocycles. The Morgan fingerprint density at radius 1 is 1.05 bits per heavy atom. The number of aryl methyl sites for hydroxylation is 1. The molecule has 0 saturated carbocycles. The minimum Gasteiger partial charge on any atom is -0.492 e. The molecule has 1 aromatic heterocycles. The molecule has 0 saturated heterocycles. The minimum atomic E-state index is -1.21. The molecule has 0 fully saturated rings. The van der Waals surface area contributed by atoms with Gasteiger partial charge < -0.3 is 35.6 Å². The number of nitrogens with two attached hydrogens (primary N) is 1. The van der Waals surface area contributed by atoms with Crippen LogP contribution in [0.4, 0.5) is 0 Å². The zero-order chi connectivity index (χ0) is 28.1. The maximum atomic E-state index is 12.8. The first-order valence-corrected chi connectivity index (χ1v) is 12.4. The van der Waals surface area contributed by atoms with Gasteiger partial charge in [-0.15, -0.1) is 0 Å². The van der Waals surface area contributed by atoms with E-state index in [1.165, 1.54) is 0 Å². The summed E-state index contributed by atoms with van der Waals surface area (Å²) in [4.78, 5) is 28.6. The molecule has 0 aliphatic carbocycles. The Labute approximate surface area is 221 Å². The number of aliphatic hydroxyl groups excluding tert-OH is 3. The lowest BCUT2D eigenvalue weighted by Crippen LogP contribution is -2.50. The molecule has 1 heterocycles. The van der Waals surface area contributed by atoms with Crippen molar-refractivity contribution in [3.63, 3.8) is 0 Å². The number of carboxylic acid groups (broad SMARTS) is 1. The molecule has 38 heavy (non-hydrogen) atoms. The third-order valence-electron chi connectivity index (χ3n) is 5.77. The number of carbonyl (C=O) groups is 1. The van der Waals surface area contributed by atoms with E-state index in [4.69, 9.17) is 30.5 Å². The highest BCUT2D eigenvalue weighted by Crippen LogP contribution is 2.15. The highest BCUT2D eigenvalue weighted by molar-refractivity contribution is 5.77. The second-order valence-electron chi connectivity index (χ2n) is 8.67. The van der Waals surface area contributed by atoms with Gasteiger partial charge in [0.2, 0.25) is 0 Å². The van der Waals surface area contributed by atoms with Crippen molar-refractivity contribution in [2.24, 2.45) is 5.73 Å². The molecule has 6 N–H and O–H groups in total. The lowest BCUT2D eigenvalue weighted by atomic mass is 10.1. The van der Waals surface area contributed by atoms with Gasteiger partial charge in [-0.1, -0.05) is 31.2 Å². The summed E-state index contributed by atoms with van der Waals surface area (Å²) in [5.74, 6) is 0.411. The van der Waals surface area contributed by atoms with Crippen LogP contribution < -0.4 is 16.0 Å². The summed E-state index contributed by atoms with van der Waals surface area (Å²) < 4.78 is 12.7. The van der Waals surface area contributed by atoms with Crippen molar-refractivity contribution in [1.82, 2.24) is 9.55 Å². The molecule has 11 nitrogen and oxygen atoms in total. The molecule has 0 aliphatic rings. The highest BCUT2D eigenvalue weighted by atomic mass is 16.5. The van der Waals surface area contributed by atoms with E-state index in [2.05, 4.69) is 4.98 Å². The summed E-state index contributed by atoms with van der Waals surface area (Å²) >= 11 is 0. The zero-order valence-corrected chi connectivity index (χ0v) is 21.7. The number of aromatic nitrogens is 2. The van der Waals surface area contributed by atoms with Crippen LogP contribution in [0.1, 0.15) is 25.2 Å². The molecule has 3 rings (SSSR count). The molecular weight excluding hydrogens is 494 g/mol. The molecule has 0 unspecified atom stereocenters. The fourth-order valence-electron chi connectivity index (χ4n) is 3.47. The SMILES string of the molecule is CCO[C@@H](Cc1ccc(OCCn2c(CC)nc3ccccc3c2=O)cc1)C(=O)O.NC(CO)(CO)CO. The van der Waals surface area contributed by atoms with Crippen LogP contribution in [0.15, 0.2) is 53.3 Å². The molecule has 0 spiro atoms. The van der Waals surface area contributed by atoms with Gasteiger partial charge in [-0.3, -0.25) is 9.36 Å². The van der Waals surface area contributed by atoms with E-state index in [9.17, 15) is 14.7 Å². The molecular formula is C27H37N3O8. The highest BCUT2D eigenvalue weighted by Gasteiger charge is 2.21. The van der Waals surface area contributed by atoms with Crippen LogP contribution in [-0.2, 0) is 28.9 Å².